The van der Waals surface area contributed by atoms with Crippen LogP contribution in [0, 0.1) is 0 Å². The van der Waals surface area contributed by atoms with Crippen molar-refractivity contribution in [3.8, 4) is 0 Å². The Morgan fingerprint density at radius 1 is 1.53 bits per heavy atom. The lowest BCUT2D eigenvalue weighted by Gasteiger charge is -2.36. The lowest BCUT2D eigenvalue weighted by Crippen LogP contribution is -2.53. The zero-order valence-electron chi connectivity index (χ0n) is 7.78. The van der Waals surface area contributed by atoms with Gasteiger partial charge in [0.15, 0.2) is 0 Å². The lowest BCUT2D eigenvalue weighted by atomic mass is 10.1. The molecule has 0 radical (unpaired) electrons. The summed E-state index contributed by atoms with van der Waals surface area (Å²) in [5.41, 5.74) is 0.478. The van der Waals surface area contributed by atoms with E-state index in [1.54, 1.807) is 23.1 Å². The van der Waals surface area contributed by atoms with Gasteiger partial charge in [-0.1, -0.05) is 27.5 Å². The number of rotatable bonds is 1. The highest BCUT2D eigenvalue weighted by Gasteiger charge is 2.30. The third-order valence-corrected chi connectivity index (χ3v) is 3.12. The summed E-state index contributed by atoms with van der Waals surface area (Å²) in [5, 5.41) is 9.52. The number of aliphatic hydroxyl groups excluding tert-OH is 1. The van der Waals surface area contributed by atoms with Gasteiger partial charge in [0.25, 0.3) is 5.91 Å². The second-order valence-corrected chi connectivity index (χ2v) is 4.81. The van der Waals surface area contributed by atoms with Crippen molar-refractivity contribution in [3.05, 3.63) is 33.3 Å². The first kappa shape index (κ1) is 10.9. The molecular weight excluding hydrogens is 281 g/mol. The Morgan fingerprint density at radius 3 is 2.73 bits per heavy atom. The van der Waals surface area contributed by atoms with Crippen LogP contribution < -0.4 is 0 Å². The first-order valence-corrected chi connectivity index (χ1v) is 5.67. The van der Waals surface area contributed by atoms with Crippen molar-refractivity contribution < 1.29 is 9.90 Å². The highest BCUT2D eigenvalue weighted by atomic mass is 79.9. The van der Waals surface area contributed by atoms with Gasteiger partial charge >= 0.3 is 0 Å². The Bertz CT molecular complexity index is 404. The molecule has 15 heavy (non-hydrogen) atoms. The Morgan fingerprint density at radius 2 is 2.20 bits per heavy atom. The van der Waals surface area contributed by atoms with Crippen molar-refractivity contribution in [2.24, 2.45) is 0 Å². The van der Waals surface area contributed by atoms with Crippen molar-refractivity contribution in [3.63, 3.8) is 0 Å². The van der Waals surface area contributed by atoms with Crippen LogP contribution in [0.4, 0.5) is 0 Å². The largest absolute Gasteiger partial charge is 0.389 e. The van der Waals surface area contributed by atoms with Crippen LogP contribution in [-0.4, -0.2) is 35.1 Å². The number of carbonyl (C=O) groups is 1. The van der Waals surface area contributed by atoms with Crippen LogP contribution in [0.5, 0.6) is 0 Å². The van der Waals surface area contributed by atoms with E-state index in [9.17, 15) is 4.79 Å². The van der Waals surface area contributed by atoms with Crippen molar-refractivity contribution in [2.75, 3.05) is 13.1 Å². The van der Waals surface area contributed by atoms with Crippen molar-refractivity contribution >= 4 is 33.4 Å². The maximum absolute atomic E-state index is 11.8. The lowest BCUT2D eigenvalue weighted by molar-refractivity contribution is 0.00590. The molecule has 0 aliphatic carbocycles. The molecule has 1 aromatic rings. The third kappa shape index (κ3) is 2.17. The molecule has 80 valence electrons. The second kappa shape index (κ2) is 4.12. The van der Waals surface area contributed by atoms with Gasteiger partial charge in [0, 0.05) is 17.6 Å². The van der Waals surface area contributed by atoms with Crippen molar-refractivity contribution in [2.45, 2.75) is 6.10 Å². The Labute approximate surface area is 101 Å². The molecule has 1 aromatic carbocycles. The first-order valence-electron chi connectivity index (χ1n) is 4.50. The molecule has 0 atom stereocenters. The zero-order valence-corrected chi connectivity index (χ0v) is 10.1. The molecule has 1 fully saturated rings. The molecule has 3 nitrogen and oxygen atoms in total. The molecule has 1 aliphatic rings. The van der Waals surface area contributed by atoms with Crippen LogP contribution in [0.2, 0.25) is 5.02 Å². The molecule has 0 unspecified atom stereocenters. The average molecular weight is 291 g/mol. The predicted octanol–water partition coefficient (Wildman–Crippen LogP) is 1.92. The number of carbonyl (C=O) groups excluding carboxylic acids is 1. The number of hydrogen-bond acceptors (Lipinski definition) is 2. The average Bonchev–Trinajstić information content (AvgIpc) is 2.12. The molecule has 1 heterocycles. The Kier molecular flexibility index (Phi) is 3.00. The van der Waals surface area contributed by atoms with E-state index in [0.29, 0.717) is 23.7 Å². The smallest absolute Gasteiger partial charge is 0.255 e. The topological polar surface area (TPSA) is 40.5 Å². The van der Waals surface area contributed by atoms with E-state index in [1.807, 2.05) is 0 Å². The van der Waals surface area contributed by atoms with Gasteiger partial charge < -0.3 is 10.0 Å². The Balaban J connectivity index is 2.19. The van der Waals surface area contributed by atoms with E-state index in [0.717, 1.165) is 4.47 Å². The van der Waals surface area contributed by atoms with E-state index >= 15 is 0 Å². The SMILES string of the molecule is O=C(c1ccc(Br)cc1Cl)N1CC(O)C1. The van der Waals surface area contributed by atoms with Crippen LogP contribution >= 0.6 is 27.5 Å². The quantitative estimate of drug-likeness (QED) is 0.858. The summed E-state index contributed by atoms with van der Waals surface area (Å²) in [6, 6.07) is 5.14. The predicted molar refractivity (Wildman–Crippen MR) is 61.1 cm³/mol. The van der Waals surface area contributed by atoms with E-state index in [4.69, 9.17) is 16.7 Å². The summed E-state index contributed by atoms with van der Waals surface area (Å²) in [5.74, 6) is -0.127. The van der Waals surface area contributed by atoms with Gasteiger partial charge in [-0.15, -0.1) is 0 Å². The Hall–Kier alpha value is -0.580. The standard InChI is InChI=1S/C10H9BrClNO2/c11-6-1-2-8(9(12)3-6)10(15)13-4-7(14)5-13/h1-3,7,14H,4-5H2. The molecule has 0 bridgehead atoms. The molecule has 1 saturated heterocycles. The minimum Gasteiger partial charge on any atom is -0.389 e. The minimum atomic E-state index is -0.386. The summed E-state index contributed by atoms with van der Waals surface area (Å²) >= 11 is 9.22. The van der Waals surface area contributed by atoms with Crippen LogP contribution in [0.25, 0.3) is 0 Å². The van der Waals surface area contributed by atoms with E-state index in [-0.39, 0.29) is 12.0 Å². The maximum atomic E-state index is 11.8. The summed E-state index contributed by atoms with van der Waals surface area (Å²) < 4.78 is 0.840. The second-order valence-electron chi connectivity index (χ2n) is 3.49. The number of β-amino-alcohol motifs (C(OH)–C–C–N with tert-alkyl or cyclic N) is 1. The van der Waals surface area contributed by atoms with Gasteiger partial charge in [-0.2, -0.15) is 0 Å². The molecular formula is C10H9BrClNO2. The van der Waals surface area contributed by atoms with Gasteiger partial charge in [-0.05, 0) is 18.2 Å². The molecule has 5 heteroatoms. The fraction of sp³-hybridized carbons (Fsp3) is 0.300. The van der Waals surface area contributed by atoms with E-state index < -0.39 is 0 Å². The molecule has 1 aliphatic heterocycles. The third-order valence-electron chi connectivity index (χ3n) is 2.31. The maximum Gasteiger partial charge on any atom is 0.255 e. The van der Waals surface area contributed by atoms with Gasteiger partial charge in [0.2, 0.25) is 0 Å². The zero-order chi connectivity index (χ0) is 11.0. The number of nitrogens with zero attached hydrogens (tertiary/aromatic N) is 1. The summed E-state index contributed by atoms with van der Waals surface area (Å²) in [4.78, 5) is 13.4. The number of amides is 1. The fourth-order valence-corrected chi connectivity index (χ4v) is 2.21. The molecule has 1 amide bonds. The first-order chi connectivity index (χ1) is 7.08. The van der Waals surface area contributed by atoms with Crippen LogP contribution in [-0.2, 0) is 0 Å². The van der Waals surface area contributed by atoms with Gasteiger partial charge in [-0.3, -0.25) is 4.79 Å². The number of benzene rings is 1. The normalized spacial score (nSPS) is 16.3. The van der Waals surface area contributed by atoms with E-state index in [1.165, 1.54) is 0 Å². The fourth-order valence-electron chi connectivity index (χ4n) is 1.45. The number of likely N-dealkylation sites (tertiary alicyclic amines) is 1. The van der Waals surface area contributed by atoms with Crippen LogP contribution in [0.1, 0.15) is 10.4 Å². The van der Waals surface area contributed by atoms with Crippen molar-refractivity contribution in [1.82, 2.24) is 4.90 Å². The summed E-state index contributed by atoms with van der Waals surface area (Å²) in [6.07, 6.45) is -0.386. The summed E-state index contributed by atoms with van der Waals surface area (Å²) in [7, 11) is 0. The van der Waals surface area contributed by atoms with Crippen LogP contribution in [0.3, 0.4) is 0 Å². The van der Waals surface area contributed by atoms with Crippen LogP contribution in [0.15, 0.2) is 22.7 Å². The molecule has 1 N–H and O–H groups in total. The molecule has 0 spiro atoms. The molecule has 0 saturated carbocycles. The van der Waals surface area contributed by atoms with E-state index in [2.05, 4.69) is 15.9 Å². The number of hydrogen-bond donors (Lipinski definition) is 1. The van der Waals surface area contributed by atoms with Gasteiger partial charge in [0.05, 0.1) is 16.7 Å². The van der Waals surface area contributed by atoms with Gasteiger partial charge in [-0.25, -0.2) is 0 Å². The highest BCUT2D eigenvalue weighted by molar-refractivity contribution is 9.10. The van der Waals surface area contributed by atoms with Gasteiger partial charge in [0.1, 0.15) is 0 Å². The molecule has 2 rings (SSSR count). The summed E-state index contributed by atoms with van der Waals surface area (Å²) in [6.45, 7) is 0.788. The highest BCUT2D eigenvalue weighted by Crippen LogP contribution is 2.24. The number of halogens is 2. The molecule has 0 aromatic heterocycles. The number of aliphatic hydroxyl groups is 1. The minimum absolute atomic E-state index is 0.127. The van der Waals surface area contributed by atoms with Crippen molar-refractivity contribution in [1.29, 1.82) is 0 Å². The monoisotopic (exact) mass is 289 g/mol.